The molecule has 34 heavy (non-hydrogen) atoms. The third-order valence-corrected chi connectivity index (χ3v) is 6.97. The quantitative estimate of drug-likeness (QED) is 0.105. The fourth-order valence-corrected chi connectivity index (χ4v) is 5.36. The van der Waals surface area contributed by atoms with Crippen LogP contribution in [0.3, 0.4) is 0 Å². The Morgan fingerprint density at radius 2 is 1.91 bits per heavy atom. The summed E-state index contributed by atoms with van der Waals surface area (Å²) in [7, 11) is 1.56. The third kappa shape index (κ3) is 5.24. The van der Waals surface area contributed by atoms with Gasteiger partial charge in [-0.2, -0.15) is 0 Å². The lowest BCUT2D eigenvalue weighted by Crippen LogP contribution is -2.27. The van der Waals surface area contributed by atoms with Crippen LogP contribution in [0.15, 0.2) is 71.6 Å². The van der Waals surface area contributed by atoms with Gasteiger partial charge in [0.05, 0.1) is 26.2 Å². The van der Waals surface area contributed by atoms with Gasteiger partial charge in [-0.15, -0.1) is 0 Å². The van der Waals surface area contributed by atoms with Crippen molar-refractivity contribution in [2.24, 2.45) is 0 Å². The Hall–Kier alpha value is -2.96. The van der Waals surface area contributed by atoms with Crippen LogP contribution in [0.2, 0.25) is 0 Å². The van der Waals surface area contributed by atoms with E-state index in [-0.39, 0.29) is 11.6 Å². The van der Waals surface area contributed by atoms with Crippen molar-refractivity contribution >= 4 is 74.2 Å². The molecule has 0 radical (unpaired) electrons. The Labute approximate surface area is 219 Å². The number of thioether (sulfide) groups is 1. The van der Waals surface area contributed by atoms with E-state index in [1.807, 2.05) is 36.4 Å². The number of nitro benzene ring substituents is 1. The van der Waals surface area contributed by atoms with Crippen LogP contribution in [0, 0.1) is 13.7 Å². The molecule has 0 N–H and O–H groups in total. The predicted octanol–water partition coefficient (Wildman–Crippen LogP) is 6.19. The maximum Gasteiger partial charge on any atom is 0.271 e. The highest BCUT2D eigenvalue weighted by molar-refractivity contribution is 14.1. The van der Waals surface area contributed by atoms with Crippen molar-refractivity contribution in [2.75, 3.05) is 12.0 Å². The van der Waals surface area contributed by atoms with Gasteiger partial charge in [-0.1, -0.05) is 60.4 Å². The molecule has 0 aromatic heterocycles. The number of rotatable bonds is 7. The van der Waals surface area contributed by atoms with E-state index in [1.54, 1.807) is 25.3 Å². The van der Waals surface area contributed by atoms with E-state index in [1.165, 1.54) is 23.1 Å². The van der Waals surface area contributed by atoms with Crippen molar-refractivity contribution in [3.8, 4) is 11.5 Å². The Morgan fingerprint density at radius 3 is 2.62 bits per heavy atom. The second-order valence-corrected chi connectivity index (χ2v) is 9.94. The van der Waals surface area contributed by atoms with Crippen LogP contribution in [0.25, 0.3) is 6.08 Å². The first-order valence-electron chi connectivity index (χ1n) is 9.94. The SMILES string of the molecule is COc1cc(/C=C2\SC(=S)N(c3cccc([N+](=O)[O-])c3)C2=O)cc(I)c1OCc1ccccc1. The molecular formula is C24H17IN2O5S2. The van der Waals surface area contributed by atoms with E-state index in [2.05, 4.69) is 22.6 Å². The van der Waals surface area contributed by atoms with E-state index < -0.39 is 4.92 Å². The number of halogens is 1. The third-order valence-electron chi connectivity index (χ3n) is 4.87. The van der Waals surface area contributed by atoms with Crippen LogP contribution in [0.5, 0.6) is 11.5 Å². The second kappa shape index (κ2) is 10.5. The molecule has 1 aliphatic heterocycles. The maximum absolute atomic E-state index is 13.1. The smallest absolute Gasteiger partial charge is 0.271 e. The lowest BCUT2D eigenvalue weighted by Gasteiger charge is -2.14. The number of hydrogen-bond acceptors (Lipinski definition) is 7. The fraction of sp³-hybridized carbons (Fsp3) is 0.0833. The molecule has 4 rings (SSSR count). The van der Waals surface area contributed by atoms with Gasteiger partial charge in [0, 0.05) is 12.1 Å². The van der Waals surface area contributed by atoms with Crippen LogP contribution in [-0.4, -0.2) is 22.3 Å². The zero-order valence-electron chi connectivity index (χ0n) is 17.8. The minimum absolute atomic E-state index is 0.110. The van der Waals surface area contributed by atoms with E-state index in [4.69, 9.17) is 21.7 Å². The molecule has 1 fully saturated rings. The maximum atomic E-state index is 13.1. The summed E-state index contributed by atoms with van der Waals surface area (Å²) in [5, 5.41) is 11.1. The molecule has 0 aliphatic carbocycles. The van der Waals surface area contributed by atoms with Gasteiger partial charge in [0.25, 0.3) is 11.6 Å². The lowest BCUT2D eigenvalue weighted by atomic mass is 10.1. The number of nitro groups is 1. The molecule has 3 aromatic rings. The number of thiocarbonyl (C=S) groups is 1. The molecule has 1 aliphatic rings. The van der Waals surface area contributed by atoms with Gasteiger partial charge in [-0.3, -0.25) is 19.8 Å². The first kappa shape index (κ1) is 24.2. The van der Waals surface area contributed by atoms with Gasteiger partial charge >= 0.3 is 0 Å². The van der Waals surface area contributed by atoms with Crippen LogP contribution >= 0.6 is 46.6 Å². The molecule has 1 saturated heterocycles. The molecule has 0 bridgehead atoms. The number of benzene rings is 3. The molecule has 0 atom stereocenters. The number of ether oxygens (including phenoxy) is 2. The van der Waals surface area contributed by atoms with E-state index >= 15 is 0 Å². The van der Waals surface area contributed by atoms with Crippen molar-refractivity contribution in [3.63, 3.8) is 0 Å². The highest BCUT2D eigenvalue weighted by Gasteiger charge is 2.34. The molecule has 1 heterocycles. The van der Waals surface area contributed by atoms with E-state index in [9.17, 15) is 14.9 Å². The molecule has 0 unspecified atom stereocenters. The number of amides is 1. The normalized spacial score (nSPS) is 14.5. The zero-order valence-corrected chi connectivity index (χ0v) is 21.6. The molecule has 0 saturated carbocycles. The van der Waals surface area contributed by atoms with Crippen LogP contribution in [-0.2, 0) is 11.4 Å². The molecule has 172 valence electrons. The molecule has 0 spiro atoms. The minimum atomic E-state index is -0.507. The summed E-state index contributed by atoms with van der Waals surface area (Å²) in [4.78, 5) is 25.4. The zero-order chi connectivity index (χ0) is 24.2. The average Bonchev–Trinajstić information content (AvgIpc) is 3.11. The van der Waals surface area contributed by atoms with E-state index in [0.29, 0.717) is 33.0 Å². The molecule has 10 heteroatoms. The van der Waals surface area contributed by atoms with Crippen LogP contribution < -0.4 is 14.4 Å². The largest absolute Gasteiger partial charge is 0.493 e. The first-order chi connectivity index (χ1) is 16.4. The number of carbonyl (C=O) groups is 1. The Bertz CT molecular complexity index is 1310. The monoisotopic (exact) mass is 604 g/mol. The van der Waals surface area contributed by atoms with Crippen molar-refractivity contribution < 1.29 is 19.2 Å². The number of methoxy groups -OCH3 is 1. The topological polar surface area (TPSA) is 81.9 Å². The van der Waals surface area contributed by atoms with Crippen molar-refractivity contribution in [1.29, 1.82) is 0 Å². The van der Waals surface area contributed by atoms with Crippen molar-refractivity contribution in [1.82, 2.24) is 0 Å². The van der Waals surface area contributed by atoms with Gasteiger partial charge in [0.1, 0.15) is 6.61 Å². The minimum Gasteiger partial charge on any atom is -0.493 e. The van der Waals surface area contributed by atoms with E-state index in [0.717, 1.165) is 26.5 Å². The van der Waals surface area contributed by atoms with Crippen LogP contribution in [0.1, 0.15) is 11.1 Å². The number of anilines is 1. The Balaban J connectivity index is 1.59. The number of carbonyl (C=O) groups excluding carboxylic acids is 1. The number of hydrogen-bond donors (Lipinski definition) is 0. The fourth-order valence-electron chi connectivity index (χ4n) is 3.28. The molecule has 7 nitrogen and oxygen atoms in total. The highest BCUT2D eigenvalue weighted by Crippen LogP contribution is 2.39. The molecule has 3 aromatic carbocycles. The predicted molar refractivity (Wildman–Crippen MR) is 145 cm³/mol. The van der Waals surface area contributed by atoms with Gasteiger partial charge in [-0.05, 0) is 58.0 Å². The highest BCUT2D eigenvalue weighted by atomic mass is 127. The van der Waals surface area contributed by atoms with Gasteiger partial charge < -0.3 is 9.47 Å². The standard InChI is InChI=1S/C24H17IN2O5S2/c1-31-20-11-16(10-19(25)22(20)32-14-15-6-3-2-4-7-15)12-21-23(28)26(24(33)34-21)17-8-5-9-18(13-17)27(29)30/h2-13H,14H2,1H3/b21-12-. The number of non-ortho nitro benzene ring substituents is 1. The van der Waals surface area contributed by atoms with Gasteiger partial charge in [0.2, 0.25) is 0 Å². The molecular weight excluding hydrogens is 587 g/mol. The molecule has 1 amide bonds. The van der Waals surface area contributed by atoms with Crippen molar-refractivity contribution in [2.45, 2.75) is 6.61 Å². The Kier molecular flexibility index (Phi) is 7.49. The summed E-state index contributed by atoms with van der Waals surface area (Å²) in [6.07, 6.45) is 1.72. The summed E-state index contributed by atoms with van der Waals surface area (Å²) < 4.78 is 12.7. The summed E-state index contributed by atoms with van der Waals surface area (Å²) in [5.41, 5.74) is 2.03. The summed E-state index contributed by atoms with van der Waals surface area (Å²) in [5.74, 6) is 0.824. The summed E-state index contributed by atoms with van der Waals surface area (Å²) in [6, 6.07) is 19.3. The first-order valence-corrected chi connectivity index (χ1v) is 12.2. The summed E-state index contributed by atoms with van der Waals surface area (Å²) in [6.45, 7) is 0.397. The van der Waals surface area contributed by atoms with Gasteiger partial charge in [-0.25, -0.2) is 0 Å². The van der Waals surface area contributed by atoms with Crippen molar-refractivity contribution in [3.05, 3.63) is 96.4 Å². The van der Waals surface area contributed by atoms with Crippen LogP contribution in [0.4, 0.5) is 11.4 Å². The van der Waals surface area contributed by atoms with Gasteiger partial charge in [0.15, 0.2) is 15.8 Å². The second-order valence-electron chi connectivity index (χ2n) is 7.10. The lowest BCUT2D eigenvalue weighted by molar-refractivity contribution is -0.384. The summed E-state index contributed by atoms with van der Waals surface area (Å²) >= 11 is 8.70. The average molecular weight is 604 g/mol. The Morgan fingerprint density at radius 1 is 1.15 bits per heavy atom. The number of nitrogens with zero attached hydrogens (tertiary/aromatic N) is 2.